The van der Waals surface area contributed by atoms with Crippen LogP contribution in [0.25, 0.3) is 0 Å². The first-order chi connectivity index (χ1) is 10.7. The number of thiophene rings is 1. The normalized spacial score (nSPS) is 17.9. The molecule has 0 spiro atoms. The molecule has 1 atom stereocenters. The Morgan fingerprint density at radius 3 is 2.87 bits per heavy atom. The van der Waals surface area contributed by atoms with Crippen molar-refractivity contribution in [2.24, 2.45) is 11.7 Å². The number of amides is 2. The lowest BCUT2D eigenvalue weighted by molar-refractivity contribution is -0.134. The Balaban J connectivity index is 0.00000192. The van der Waals surface area contributed by atoms with Crippen molar-refractivity contribution in [1.29, 1.82) is 0 Å². The van der Waals surface area contributed by atoms with Gasteiger partial charge in [-0.2, -0.15) is 0 Å². The molecule has 0 saturated heterocycles. The maximum atomic E-state index is 12.3. The number of hydrogen-bond donors (Lipinski definition) is 2. The monoisotopic (exact) mass is 357 g/mol. The second-order valence-corrected chi connectivity index (χ2v) is 7.18. The molecule has 1 aliphatic carbocycles. The fraction of sp³-hybridized carbons (Fsp3) is 0.625. The summed E-state index contributed by atoms with van der Waals surface area (Å²) in [5, 5.41) is 5.05. The molecule has 1 unspecified atom stereocenters. The quantitative estimate of drug-likeness (QED) is 0.813. The van der Waals surface area contributed by atoms with Crippen LogP contribution in [0.5, 0.6) is 0 Å². The van der Waals surface area contributed by atoms with Gasteiger partial charge >= 0.3 is 0 Å². The minimum absolute atomic E-state index is 0. The van der Waals surface area contributed by atoms with Gasteiger partial charge in [-0.1, -0.05) is 0 Å². The SMILES string of the molecule is Cl.NCC(NC(=O)CCC(=O)N1CCc2sccc2C1)C1CC1. The summed E-state index contributed by atoms with van der Waals surface area (Å²) in [6.45, 7) is 1.94. The van der Waals surface area contributed by atoms with Gasteiger partial charge in [0.15, 0.2) is 0 Å². The molecule has 7 heteroatoms. The molecule has 1 aromatic heterocycles. The molecule has 5 nitrogen and oxygen atoms in total. The highest BCUT2D eigenvalue weighted by atomic mass is 35.5. The summed E-state index contributed by atoms with van der Waals surface area (Å²) < 4.78 is 0. The third-order valence-corrected chi connectivity index (χ3v) is 5.54. The highest BCUT2D eigenvalue weighted by Gasteiger charge is 2.31. The molecule has 0 aromatic carbocycles. The lowest BCUT2D eigenvalue weighted by atomic mass is 10.1. The Bertz CT molecular complexity index is 559. The summed E-state index contributed by atoms with van der Waals surface area (Å²) >= 11 is 1.76. The highest BCUT2D eigenvalue weighted by molar-refractivity contribution is 7.10. The Hall–Kier alpha value is -1.11. The number of halogens is 1. The van der Waals surface area contributed by atoms with Crippen molar-refractivity contribution in [1.82, 2.24) is 10.2 Å². The van der Waals surface area contributed by atoms with Crippen molar-refractivity contribution in [2.45, 2.75) is 44.7 Å². The number of nitrogens with two attached hydrogens (primary N) is 1. The Labute approximate surface area is 147 Å². The average Bonchev–Trinajstić information content (AvgIpc) is 3.26. The molecule has 1 fully saturated rings. The van der Waals surface area contributed by atoms with E-state index in [4.69, 9.17) is 5.73 Å². The molecule has 2 amide bonds. The third kappa shape index (κ3) is 4.68. The smallest absolute Gasteiger partial charge is 0.223 e. The molecule has 1 aliphatic heterocycles. The van der Waals surface area contributed by atoms with Crippen LogP contribution < -0.4 is 11.1 Å². The van der Waals surface area contributed by atoms with Crippen molar-refractivity contribution in [3.8, 4) is 0 Å². The van der Waals surface area contributed by atoms with E-state index < -0.39 is 0 Å². The van der Waals surface area contributed by atoms with Gasteiger partial charge in [-0.15, -0.1) is 23.7 Å². The van der Waals surface area contributed by atoms with Crippen molar-refractivity contribution in [2.75, 3.05) is 13.1 Å². The summed E-state index contributed by atoms with van der Waals surface area (Å²) in [5.41, 5.74) is 6.94. The van der Waals surface area contributed by atoms with E-state index in [0.717, 1.165) is 25.8 Å². The van der Waals surface area contributed by atoms with Crippen LogP contribution in [-0.4, -0.2) is 35.8 Å². The number of nitrogens with zero attached hydrogens (tertiary/aromatic N) is 1. The van der Waals surface area contributed by atoms with Gasteiger partial charge in [-0.3, -0.25) is 9.59 Å². The summed E-state index contributed by atoms with van der Waals surface area (Å²) in [7, 11) is 0. The second-order valence-electron chi connectivity index (χ2n) is 6.18. The highest BCUT2D eigenvalue weighted by Crippen LogP contribution is 2.32. The van der Waals surface area contributed by atoms with E-state index in [1.165, 1.54) is 10.4 Å². The maximum absolute atomic E-state index is 12.3. The molecular weight excluding hydrogens is 334 g/mol. The number of rotatable bonds is 6. The van der Waals surface area contributed by atoms with Gasteiger partial charge in [-0.05, 0) is 42.2 Å². The van der Waals surface area contributed by atoms with Crippen LogP contribution >= 0.6 is 23.7 Å². The molecule has 1 saturated carbocycles. The predicted molar refractivity (Wildman–Crippen MR) is 93.6 cm³/mol. The Morgan fingerprint density at radius 1 is 1.39 bits per heavy atom. The topological polar surface area (TPSA) is 75.4 Å². The van der Waals surface area contributed by atoms with E-state index in [1.807, 2.05) is 4.90 Å². The molecule has 23 heavy (non-hydrogen) atoms. The number of fused-ring (bicyclic) bond motifs is 1. The van der Waals surface area contributed by atoms with Gasteiger partial charge in [0, 0.05) is 43.4 Å². The van der Waals surface area contributed by atoms with E-state index in [9.17, 15) is 9.59 Å². The standard InChI is InChI=1S/C16H23N3O2S.ClH/c17-9-13(11-1-2-11)18-15(20)3-4-16(21)19-7-5-14-12(10-19)6-8-22-14;/h6,8,11,13H,1-5,7,9-10,17H2,(H,18,20);1H. The maximum Gasteiger partial charge on any atom is 0.223 e. The van der Waals surface area contributed by atoms with Crippen LogP contribution in [0, 0.1) is 5.92 Å². The minimum atomic E-state index is -0.0519. The van der Waals surface area contributed by atoms with Crippen molar-refractivity contribution in [3.63, 3.8) is 0 Å². The zero-order chi connectivity index (χ0) is 15.5. The summed E-state index contributed by atoms with van der Waals surface area (Å²) in [6.07, 6.45) is 3.78. The lowest BCUT2D eigenvalue weighted by Gasteiger charge is -2.27. The lowest BCUT2D eigenvalue weighted by Crippen LogP contribution is -2.42. The number of nitrogens with one attached hydrogen (secondary N) is 1. The van der Waals surface area contributed by atoms with Crippen molar-refractivity contribution < 1.29 is 9.59 Å². The molecular formula is C16H24ClN3O2S. The van der Waals surface area contributed by atoms with Crippen LogP contribution in [0.2, 0.25) is 0 Å². The van der Waals surface area contributed by atoms with Gasteiger partial charge in [0.1, 0.15) is 0 Å². The van der Waals surface area contributed by atoms with Gasteiger partial charge in [-0.25, -0.2) is 0 Å². The number of hydrogen-bond acceptors (Lipinski definition) is 4. The third-order valence-electron chi connectivity index (χ3n) is 4.52. The van der Waals surface area contributed by atoms with Crippen LogP contribution in [0.15, 0.2) is 11.4 Å². The number of carbonyl (C=O) groups excluding carboxylic acids is 2. The molecule has 128 valence electrons. The van der Waals surface area contributed by atoms with Crippen LogP contribution in [0.4, 0.5) is 0 Å². The first kappa shape index (κ1) is 18.2. The fourth-order valence-corrected chi connectivity index (χ4v) is 3.88. The van der Waals surface area contributed by atoms with Gasteiger partial charge in [0.05, 0.1) is 0 Å². The molecule has 2 aliphatic rings. The van der Waals surface area contributed by atoms with Crippen LogP contribution in [0.1, 0.15) is 36.1 Å². The minimum Gasteiger partial charge on any atom is -0.352 e. The van der Waals surface area contributed by atoms with Crippen molar-refractivity contribution in [3.05, 3.63) is 21.9 Å². The van der Waals surface area contributed by atoms with Gasteiger partial charge in [0.25, 0.3) is 0 Å². The molecule has 0 bridgehead atoms. The molecule has 3 N–H and O–H groups in total. The molecule has 2 heterocycles. The van der Waals surface area contributed by atoms with Gasteiger partial charge < -0.3 is 16.0 Å². The van der Waals surface area contributed by atoms with E-state index in [2.05, 4.69) is 16.8 Å². The van der Waals surface area contributed by atoms with Crippen molar-refractivity contribution >= 4 is 35.6 Å². The van der Waals surface area contributed by atoms with E-state index in [0.29, 0.717) is 19.0 Å². The average molecular weight is 358 g/mol. The van der Waals surface area contributed by atoms with E-state index in [1.54, 1.807) is 11.3 Å². The van der Waals surface area contributed by atoms with E-state index >= 15 is 0 Å². The summed E-state index contributed by atoms with van der Waals surface area (Å²) in [6, 6.07) is 2.18. The predicted octanol–water partition coefficient (Wildman–Crippen LogP) is 1.69. The zero-order valence-corrected chi connectivity index (χ0v) is 14.8. The molecule has 0 radical (unpaired) electrons. The summed E-state index contributed by atoms with van der Waals surface area (Å²) in [5.74, 6) is 0.565. The van der Waals surface area contributed by atoms with Crippen LogP contribution in [-0.2, 0) is 22.6 Å². The number of carbonyl (C=O) groups is 2. The van der Waals surface area contributed by atoms with E-state index in [-0.39, 0.29) is 43.1 Å². The first-order valence-electron chi connectivity index (χ1n) is 8.00. The first-order valence-corrected chi connectivity index (χ1v) is 8.88. The molecule has 1 aromatic rings. The second kappa shape index (κ2) is 8.13. The molecule has 3 rings (SSSR count). The summed E-state index contributed by atoms with van der Waals surface area (Å²) in [4.78, 5) is 27.5. The van der Waals surface area contributed by atoms with Crippen LogP contribution in [0.3, 0.4) is 0 Å². The zero-order valence-electron chi connectivity index (χ0n) is 13.1. The van der Waals surface area contributed by atoms with Gasteiger partial charge in [0.2, 0.25) is 11.8 Å². The largest absolute Gasteiger partial charge is 0.352 e. The Morgan fingerprint density at radius 2 is 2.17 bits per heavy atom. The fourth-order valence-electron chi connectivity index (χ4n) is 2.99. The Kier molecular flexibility index (Phi) is 6.44.